The van der Waals surface area contributed by atoms with Crippen molar-refractivity contribution in [2.24, 2.45) is 0 Å². The van der Waals surface area contributed by atoms with Gasteiger partial charge in [0.2, 0.25) is 0 Å². The molecule has 29 heavy (non-hydrogen) atoms. The number of carbonyl (C=O) groups is 2. The van der Waals surface area contributed by atoms with E-state index in [-0.39, 0.29) is 22.8 Å². The number of H-pyrrole nitrogens is 1. The molecule has 0 aliphatic carbocycles. The minimum Gasteiger partial charge on any atom is -0.496 e. The number of aromatic amines is 1. The van der Waals surface area contributed by atoms with Crippen LogP contribution in [0.2, 0.25) is 0 Å². The third-order valence-electron chi connectivity index (χ3n) is 3.56. The molecule has 1 amide bonds. The first-order valence-electron chi connectivity index (χ1n) is 8.66. The van der Waals surface area contributed by atoms with Crippen LogP contribution in [0, 0.1) is 0 Å². The highest BCUT2D eigenvalue weighted by Gasteiger charge is 2.19. The molecule has 0 radical (unpaired) electrons. The molecule has 0 saturated heterocycles. The van der Waals surface area contributed by atoms with Gasteiger partial charge >= 0.3 is 0 Å². The molecule has 156 valence electrons. The van der Waals surface area contributed by atoms with Crippen LogP contribution >= 0.6 is 0 Å². The lowest BCUT2D eigenvalue weighted by molar-refractivity contribution is 0.102. The lowest BCUT2D eigenvalue weighted by Crippen LogP contribution is -2.15. The van der Waals surface area contributed by atoms with Gasteiger partial charge in [0, 0.05) is 6.54 Å². The molecule has 8 nitrogen and oxygen atoms in total. The summed E-state index contributed by atoms with van der Waals surface area (Å²) < 4.78 is 22.5. The van der Waals surface area contributed by atoms with Crippen molar-refractivity contribution in [1.82, 2.24) is 15.5 Å². The van der Waals surface area contributed by atoms with Gasteiger partial charge in [-0.2, -0.15) is 5.10 Å². The Kier molecular flexibility index (Phi) is 10.4. The number of rotatable bonds is 8. The molecule has 1 aromatic heterocycles. The summed E-state index contributed by atoms with van der Waals surface area (Å²) in [6.45, 7) is 2.38. The summed E-state index contributed by atoms with van der Waals surface area (Å²) in [4.78, 5) is 23.1. The van der Waals surface area contributed by atoms with Gasteiger partial charge in [0.05, 0.1) is 26.1 Å². The SMILES string of the molecule is C/C=C(F)\C=C/CNC.COc1cccc(OC)c1C(=O)Nc1cn[nH]c1C=O. The molecule has 0 aliphatic heterocycles. The summed E-state index contributed by atoms with van der Waals surface area (Å²) >= 11 is 0. The number of allylic oxidation sites excluding steroid dienone is 3. The molecular formula is C20H25FN4O4. The number of halogens is 1. The molecule has 0 fully saturated rings. The quantitative estimate of drug-likeness (QED) is 0.461. The highest BCUT2D eigenvalue weighted by molar-refractivity contribution is 6.09. The highest BCUT2D eigenvalue weighted by atomic mass is 19.1. The van der Waals surface area contributed by atoms with Crippen LogP contribution in [0.1, 0.15) is 27.8 Å². The van der Waals surface area contributed by atoms with Crippen molar-refractivity contribution in [1.29, 1.82) is 0 Å². The summed E-state index contributed by atoms with van der Waals surface area (Å²) in [5.41, 5.74) is 0.723. The van der Waals surface area contributed by atoms with Gasteiger partial charge in [-0.1, -0.05) is 18.2 Å². The van der Waals surface area contributed by atoms with Gasteiger partial charge in [-0.15, -0.1) is 0 Å². The number of aldehydes is 1. The smallest absolute Gasteiger partial charge is 0.263 e. The van der Waals surface area contributed by atoms with E-state index in [9.17, 15) is 14.0 Å². The number of aromatic nitrogens is 2. The Bertz CT molecular complexity index is 840. The van der Waals surface area contributed by atoms with Crippen molar-refractivity contribution in [3.63, 3.8) is 0 Å². The van der Waals surface area contributed by atoms with Gasteiger partial charge < -0.3 is 20.1 Å². The normalized spacial score (nSPS) is 10.9. The molecule has 3 N–H and O–H groups in total. The maximum Gasteiger partial charge on any atom is 0.263 e. The second-order valence-electron chi connectivity index (χ2n) is 5.44. The van der Waals surface area contributed by atoms with Crippen LogP contribution in [0.4, 0.5) is 10.1 Å². The topological polar surface area (TPSA) is 105 Å². The monoisotopic (exact) mass is 404 g/mol. The van der Waals surface area contributed by atoms with Crippen LogP contribution < -0.4 is 20.1 Å². The maximum absolute atomic E-state index is 12.3. The van der Waals surface area contributed by atoms with E-state index in [2.05, 4.69) is 20.8 Å². The summed E-state index contributed by atoms with van der Waals surface area (Å²) in [6.07, 6.45) is 6.52. The fourth-order valence-corrected chi connectivity index (χ4v) is 2.13. The van der Waals surface area contributed by atoms with Crippen molar-refractivity contribution in [2.75, 3.05) is 33.1 Å². The van der Waals surface area contributed by atoms with E-state index >= 15 is 0 Å². The Balaban J connectivity index is 0.000000396. The molecule has 1 heterocycles. The van der Waals surface area contributed by atoms with Gasteiger partial charge in [-0.3, -0.25) is 14.7 Å². The predicted octanol–water partition coefficient (Wildman–Crippen LogP) is 3.13. The molecule has 0 atom stereocenters. The van der Waals surface area contributed by atoms with Crippen LogP contribution in [0.5, 0.6) is 11.5 Å². The fraction of sp³-hybridized carbons (Fsp3) is 0.250. The molecular weight excluding hydrogens is 379 g/mol. The Labute approximate surface area is 168 Å². The van der Waals surface area contributed by atoms with Gasteiger partial charge in [-0.25, -0.2) is 4.39 Å². The van der Waals surface area contributed by atoms with Crippen LogP contribution in [0.25, 0.3) is 0 Å². The van der Waals surface area contributed by atoms with Crippen LogP contribution in [0.15, 0.2) is 48.5 Å². The molecule has 1 aromatic carbocycles. The number of hydrogen-bond donors (Lipinski definition) is 3. The Hall–Kier alpha value is -3.46. The molecule has 0 unspecified atom stereocenters. The van der Waals surface area contributed by atoms with Gasteiger partial charge in [0.1, 0.15) is 28.6 Å². The zero-order chi connectivity index (χ0) is 21.6. The van der Waals surface area contributed by atoms with Crippen LogP contribution in [-0.4, -0.2) is 50.2 Å². The van der Waals surface area contributed by atoms with E-state index in [0.29, 0.717) is 24.3 Å². The molecule has 2 aromatic rings. The van der Waals surface area contributed by atoms with Gasteiger partial charge in [0.15, 0.2) is 6.29 Å². The van der Waals surface area contributed by atoms with Crippen molar-refractivity contribution in [3.8, 4) is 11.5 Å². The standard InChI is InChI=1S/C13H13N3O4.C7H12FN/c1-19-10-4-3-5-11(20-2)12(10)13(18)15-8-6-14-16-9(8)7-17;1-3-7(8)5-4-6-9-2/h3-7H,1-2H3,(H,14,16)(H,15,18);3-5,9H,6H2,1-2H3/b;5-4-,7-3+. The lowest BCUT2D eigenvalue weighted by Gasteiger charge is -2.12. The van der Waals surface area contributed by atoms with Crippen molar-refractivity contribution < 1.29 is 23.5 Å². The first-order chi connectivity index (χ1) is 14.0. The number of methoxy groups -OCH3 is 2. The minimum absolute atomic E-state index is 0.187. The Morgan fingerprint density at radius 2 is 1.93 bits per heavy atom. The number of amides is 1. The Morgan fingerprint density at radius 1 is 1.28 bits per heavy atom. The van der Waals surface area contributed by atoms with Crippen LogP contribution in [-0.2, 0) is 0 Å². The summed E-state index contributed by atoms with van der Waals surface area (Å²) in [5.74, 6) is 0.102. The second kappa shape index (κ2) is 12.8. The van der Waals surface area contributed by atoms with Gasteiger partial charge in [0.25, 0.3) is 5.91 Å². The highest BCUT2D eigenvalue weighted by Crippen LogP contribution is 2.29. The lowest BCUT2D eigenvalue weighted by atomic mass is 10.1. The summed E-state index contributed by atoms with van der Waals surface area (Å²) in [6, 6.07) is 5.00. The van der Waals surface area contributed by atoms with E-state index in [1.54, 1.807) is 31.2 Å². The number of anilines is 1. The van der Waals surface area contributed by atoms with E-state index in [4.69, 9.17) is 9.47 Å². The van der Waals surface area contributed by atoms with E-state index < -0.39 is 5.91 Å². The van der Waals surface area contributed by atoms with E-state index in [1.165, 1.54) is 32.6 Å². The second-order valence-corrected chi connectivity index (χ2v) is 5.44. The maximum atomic E-state index is 12.3. The number of nitrogens with zero attached hydrogens (tertiary/aromatic N) is 1. The Morgan fingerprint density at radius 3 is 2.45 bits per heavy atom. The van der Waals surface area contributed by atoms with E-state index in [1.807, 2.05) is 7.05 Å². The largest absolute Gasteiger partial charge is 0.496 e. The zero-order valence-electron chi connectivity index (χ0n) is 16.8. The molecule has 2 rings (SSSR count). The first kappa shape index (κ1) is 23.6. The summed E-state index contributed by atoms with van der Waals surface area (Å²) in [7, 11) is 4.73. The van der Waals surface area contributed by atoms with Crippen molar-refractivity contribution in [2.45, 2.75) is 6.92 Å². The third-order valence-corrected chi connectivity index (χ3v) is 3.56. The average Bonchev–Trinajstić information content (AvgIpc) is 3.20. The molecule has 0 saturated carbocycles. The van der Waals surface area contributed by atoms with Crippen molar-refractivity contribution >= 4 is 17.9 Å². The summed E-state index contributed by atoms with van der Waals surface area (Å²) in [5, 5.41) is 11.6. The number of ether oxygens (including phenoxy) is 2. The average molecular weight is 404 g/mol. The third kappa shape index (κ3) is 7.23. The number of likely N-dealkylation sites (N-methyl/N-ethyl adjacent to an activating group) is 1. The van der Waals surface area contributed by atoms with E-state index in [0.717, 1.165) is 0 Å². The molecule has 0 aliphatic rings. The number of nitrogens with one attached hydrogen (secondary N) is 3. The minimum atomic E-state index is -0.455. The fourth-order valence-electron chi connectivity index (χ4n) is 2.13. The zero-order valence-corrected chi connectivity index (χ0v) is 16.8. The predicted molar refractivity (Wildman–Crippen MR) is 109 cm³/mol. The first-order valence-corrected chi connectivity index (χ1v) is 8.66. The molecule has 9 heteroatoms. The number of carbonyl (C=O) groups excluding carboxylic acids is 2. The molecule has 0 spiro atoms. The van der Waals surface area contributed by atoms with Crippen molar-refractivity contribution in [3.05, 3.63) is 59.7 Å². The van der Waals surface area contributed by atoms with Crippen LogP contribution in [0.3, 0.4) is 0 Å². The van der Waals surface area contributed by atoms with Gasteiger partial charge in [-0.05, 0) is 32.2 Å². The number of benzene rings is 1. The molecule has 0 bridgehead atoms. The number of hydrogen-bond acceptors (Lipinski definition) is 6.